The number of hydrogen-bond acceptors (Lipinski definition) is 9. The van der Waals surface area contributed by atoms with Crippen molar-refractivity contribution in [2.45, 2.75) is 36.4 Å². The molecule has 1 aliphatic carbocycles. The lowest BCUT2D eigenvalue weighted by atomic mass is 9.87. The van der Waals surface area contributed by atoms with E-state index in [1.165, 1.54) is 35.3 Å². The molecule has 10 nitrogen and oxygen atoms in total. The Balaban J connectivity index is 1.42. The fraction of sp³-hybridized carbons (Fsp3) is 0.417. The number of aromatic nitrogens is 4. The number of rotatable bonds is 6. The first-order valence-corrected chi connectivity index (χ1v) is 13.9. The van der Waals surface area contributed by atoms with Gasteiger partial charge in [-0.3, -0.25) is 9.30 Å². The summed E-state index contributed by atoms with van der Waals surface area (Å²) in [7, 11) is -3.10. The van der Waals surface area contributed by atoms with Gasteiger partial charge in [0.15, 0.2) is 5.82 Å². The van der Waals surface area contributed by atoms with Gasteiger partial charge < -0.3 is 16.0 Å². The number of nitrogens with zero attached hydrogens (tertiary/aromatic N) is 6. The summed E-state index contributed by atoms with van der Waals surface area (Å²) in [5.74, 6) is 0.801. The van der Waals surface area contributed by atoms with Crippen molar-refractivity contribution in [2.24, 2.45) is 5.73 Å². The van der Waals surface area contributed by atoms with E-state index in [0.717, 1.165) is 12.3 Å². The van der Waals surface area contributed by atoms with E-state index in [2.05, 4.69) is 19.9 Å². The maximum absolute atomic E-state index is 13.3. The molecule has 202 valence electrons. The van der Waals surface area contributed by atoms with Crippen molar-refractivity contribution in [1.82, 2.24) is 24.3 Å². The van der Waals surface area contributed by atoms with E-state index in [-0.39, 0.29) is 23.2 Å². The molecular weight excluding hydrogens is 521 g/mol. The molecule has 1 saturated heterocycles. The monoisotopic (exact) mass is 548 g/mol. The highest BCUT2D eigenvalue weighted by atomic mass is 32.2. The molecule has 14 heteroatoms. The van der Waals surface area contributed by atoms with Crippen molar-refractivity contribution < 1.29 is 21.6 Å². The minimum atomic E-state index is -4.50. The van der Waals surface area contributed by atoms with E-state index in [1.807, 2.05) is 4.90 Å². The molecule has 1 atom stereocenters. The Bertz CT molecular complexity index is 1500. The lowest BCUT2D eigenvalue weighted by molar-refractivity contribution is -0.137. The predicted molar refractivity (Wildman–Crippen MR) is 137 cm³/mol. The minimum Gasteiger partial charge on any atom is -0.404 e. The molecule has 0 bridgehead atoms. The molecule has 0 spiro atoms. The molecule has 0 amide bonds. The lowest BCUT2D eigenvalue weighted by Crippen LogP contribution is -2.61. The fourth-order valence-electron chi connectivity index (χ4n) is 5.11. The van der Waals surface area contributed by atoms with Crippen molar-refractivity contribution in [1.29, 1.82) is 5.41 Å². The third-order valence-corrected chi connectivity index (χ3v) is 8.93. The topological polar surface area (TPSA) is 134 Å². The molecule has 38 heavy (non-hydrogen) atoms. The van der Waals surface area contributed by atoms with Gasteiger partial charge in [-0.2, -0.15) is 13.2 Å². The van der Waals surface area contributed by atoms with Crippen LogP contribution in [0.2, 0.25) is 0 Å². The molecule has 0 radical (unpaired) electrons. The van der Waals surface area contributed by atoms with E-state index in [0.29, 0.717) is 55.2 Å². The predicted octanol–water partition coefficient (Wildman–Crippen LogP) is 2.37. The summed E-state index contributed by atoms with van der Waals surface area (Å²) in [6, 6.07) is 3.82. The number of hydrogen-bond donors (Lipinski definition) is 2. The van der Waals surface area contributed by atoms with Crippen LogP contribution in [0, 0.1) is 5.41 Å². The number of pyridine rings is 1. The Kier molecular flexibility index (Phi) is 6.63. The number of sulfone groups is 1. The fourth-order valence-corrected chi connectivity index (χ4v) is 6.26. The average molecular weight is 549 g/mol. The molecule has 1 aliphatic heterocycles. The molecular formula is C24H27F3N8O2S. The average Bonchev–Trinajstić information content (AvgIpc) is 3.27. The SMILES string of the molecule is CS(=O)(=O)C1CC(N2CCN(c3ccnc(-c4cnc5ccc(C(F)(F)F)cn45)n3)C[C@H]2/C(C=N)=C/N)C1. The molecule has 1 saturated carbocycles. The molecule has 3 aromatic heterocycles. The summed E-state index contributed by atoms with van der Waals surface area (Å²) in [4.78, 5) is 17.3. The van der Waals surface area contributed by atoms with Crippen LogP contribution in [0.1, 0.15) is 18.4 Å². The minimum absolute atomic E-state index is 0.0683. The summed E-state index contributed by atoms with van der Waals surface area (Å²) >= 11 is 0. The number of halogens is 3. The Morgan fingerprint density at radius 3 is 2.61 bits per heavy atom. The quantitative estimate of drug-likeness (QED) is 0.449. The zero-order valence-electron chi connectivity index (χ0n) is 20.5. The number of alkyl halides is 3. The van der Waals surface area contributed by atoms with E-state index in [9.17, 15) is 21.6 Å². The molecule has 3 N–H and O–H groups in total. The van der Waals surface area contributed by atoms with Crippen LogP contribution in [0.4, 0.5) is 19.0 Å². The number of fused-ring (bicyclic) bond motifs is 1. The summed E-state index contributed by atoms with van der Waals surface area (Å²) in [6.45, 7) is 1.62. The zero-order valence-corrected chi connectivity index (χ0v) is 21.3. The molecule has 2 fully saturated rings. The van der Waals surface area contributed by atoms with Crippen LogP contribution in [0.3, 0.4) is 0 Å². The summed E-state index contributed by atoms with van der Waals surface area (Å²) in [5, 5.41) is 7.49. The van der Waals surface area contributed by atoms with Crippen molar-refractivity contribution in [3.8, 4) is 11.5 Å². The van der Waals surface area contributed by atoms with E-state index >= 15 is 0 Å². The largest absolute Gasteiger partial charge is 0.417 e. The first-order chi connectivity index (χ1) is 18.0. The van der Waals surface area contributed by atoms with Crippen molar-refractivity contribution >= 4 is 27.5 Å². The highest BCUT2D eigenvalue weighted by Gasteiger charge is 2.44. The molecule has 3 aromatic rings. The van der Waals surface area contributed by atoms with Crippen LogP contribution in [-0.4, -0.2) is 82.1 Å². The molecule has 0 aromatic carbocycles. The maximum Gasteiger partial charge on any atom is 0.417 e. The molecule has 4 heterocycles. The van der Waals surface area contributed by atoms with Gasteiger partial charge in [0.25, 0.3) is 0 Å². The standard InChI is InChI=1S/C24H27F3N8O2S/c1-38(36,37)18-8-17(9-18)34-7-6-33(14-20(34)15(10-28)11-29)22-4-5-30-23(32-22)19-12-31-21-3-2-16(13-35(19)21)24(25,26)27/h2-5,10-13,17-18,20,28H,6-9,14,29H2,1H3/b15-11+,28-10?/t17?,18?,20-/m0/s1. The van der Waals surface area contributed by atoms with Gasteiger partial charge in [-0.05, 0) is 31.0 Å². The Morgan fingerprint density at radius 2 is 1.95 bits per heavy atom. The third-order valence-electron chi connectivity index (χ3n) is 7.34. The highest BCUT2D eigenvalue weighted by Crippen LogP contribution is 2.35. The van der Waals surface area contributed by atoms with Crippen LogP contribution in [0.15, 0.2) is 48.6 Å². The first-order valence-electron chi connectivity index (χ1n) is 12.0. The molecule has 5 rings (SSSR count). The van der Waals surface area contributed by atoms with Crippen molar-refractivity contribution in [3.63, 3.8) is 0 Å². The second-order valence-corrected chi connectivity index (χ2v) is 11.9. The van der Waals surface area contributed by atoms with Gasteiger partial charge in [-0.25, -0.2) is 23.4 Å². The van der Waals surface area contributed by atoms with Gasteiger partial charge in [0.1, 0.15) is 27.0 Å². The van der Waals surface area contributed by atoms with E-state index < -0.39 is 21.6 Å². The lowest BCUT2D eigenvalue weighted by Gasteiger charge is -2.50. The van der Waals surface area contributed by atoms with E-state index in [4.69, 9.17) is 11.1 Å². The number of nitrogens with two attached hydrogens (primary N) is 1. The van der Waals surface area contributed by atoms with Gasteiger partial charge in [0.2, 0.25) is 0 Å². The van der Waals surface area contributed by atoms with Crippen molar-refractivity contribution in [3.05, 3.63) is 54.1 Å². The van der Waals surface area contributed by atoms with Gasteiger partial charge in [-0.15, -0.1) is 0 Å². The van der Waals surface area contributed by atoms with Crippen molar-refractivity contribution in [2.75, 3.05) is 30.8 Å². The van der Waals surface area contributed by atoms with Crippen LogP contribution >= 0.6 is 0 Å². The maximum atomic E-state index is 13.3. The Labute approximate surface area is 217 Å². The van der Waals surface area contributed by atoms with Gasteiger partial charge in [-0.1, -0.05) is 0 Å². The molecule has 0 unspecified atom stereocenters. The van der Waals surface area contributed by atoms with Crippen LogP contribution in [0.5, 0.6) is 0 Å². The third kappa shape index (κ3) is 4.85. The normalized spacial score (nSPS) is 23.4. The Morgan fingerprint density at radius 1 is 1.18 bits per heavy atom. The van der Waals surface area contributed by atoms with Gasteiger partial charge >= 0.3 is 6.18 Å². The van der Waals surface area contributed by atoms with Crippen LogP contribution in [-0.2, 0) is 16.0 Å². The van der Waals surface area contributed by atoms with Gasteiger partial charge in [0, 0.05) is 62.3 Å². The second-order valence-electron chi connectivity index (χ2n) is 9.61. The smallest absolute Gasteiger partial charge is 0.404 e. The first kappa shape index (κ1) is 26.1. The van der Waals surface area contributed by atoms with Crippen LogP contribution < -0.4 is 10.6 Å². The summed E-state index contributed by atoms with van der Waals surface area (Å²) < 4.78 is 65.0. The van der Waals surface area contributed by atoms with Crippen LogP contribution in [0.25, 0.3) is 17.2 Å². The Hall–Kier alpha value is -3.52. The number of nitrogens with one attached hydrogen (secondary N) is 1. The zero-order chi connectivity index (χ0) is 27.2. The summed E-state index contributed by atoms with van der Waals surface area (Å²) in [5.41, 5.74) is 6.30. The highest BCUT2D eigenvalue weighted by molar-refractivity contribution is 7.91. The number of anilines is 1. The van der Waals surface area contributed by atoms with E-state index in [1.54, 1.807) is 12.3 Å². The number of piperazine rings is 1. The summed E-state index contributed by atoms with van der Waals surface area (Å²) in [6.07, 6.45) is 4.39. The second kappa shape index (κ2) is 9.66. The number of imidazole rings is 1. The van der Waals surface area contributed by atoms with Gasteiger partial charge in [0.05, 0.1) is 23.1 Å². The molecule has 2 aliphatic rings.